The quantitative estimate of drug-likeness (QED) is 0.543. The Bertz CT molecular complexity index is 1120. The first kappa shape index (κ1) is 23.4. The van der Waals surface area contributed by atoms with Crippen molar-refractivity contribution in [2.75, 3.05) is 20.8 Å². The van der Waals surface area contributed by atoms with Crippen LogP contribution in [0.4, 0.5) is 0 Å². The third-order valence-electron chi connectivity index (χ3n) is 7.04. The number of carbonyl (C=O) groups excluding carboxylic acids is 1. The number of ether oxygens (including phenoxy) is 2. The number of nitrogens with zero attached hydrogens (tertiary/aromatic N) is 1. The lowest BCUT2D eigenvalue weighted by atomic mass is 9.73. The van der Waals surface area contributed by atoms with E-state index in [9.17, 15) is 9.90 Å². The molecule has 3 aromatic carbocycles. The fourth-order valence-electron chi connectivity index (χ4n) is 4.98. The summed E-state index contributed by atoms with van der Waals surface area (Å²) in [5.74, 6) is -1.24. The summed E-state index contributed by atoms with van der Waals surface area (Å²) in [4.78, 5) is 27.3. The summed E-state index contributed by atoms with van der Waals surface area (Å²) in [6.45, 7) is 0.855. The maximum absolute atomic E-state index is 13.7. The van der Waals surface area contributed by atoms with E-state index >= 15 is 0 Å². The van der Waals surface area contributed by atoms with Crippen LogP contribution in [0, 0.1) is 5.92 Å². The molecule has 0 spiro atoms. The molecule has 0 bridgehead atoms. The number of hydrogen-bond acceptors (Lipinski definition) is 6. The molecule has 2 unspecified atom stereocenters. The molecule has 1 N–H and O–H groups in total. The number of carbonyl (C=O) groups is 1. The minimum absolute atomic E-state index is 0.155. The van der Waals surface area contributed by atoms with Gasteiger partial charge in [-0.2, -0.15) is 4.89 Å². The van der Waals surface area contributed by atoms with E-state index in [1.807, 2.05) is 78.9 Å². The molecular formula is C28H29NO6. The maximum atomic E-state index is 13.7. The number of hydrogen-bond donors (Lipinski definition) is 1. The highest BCUT2D eigenvalue weighted by molar-refractivity contribution is 5.81. The molecule has 2 aliphatic heterocycles. The Morgan fingerprint density at radius 2 is 1.46 bits per heavy atom. The average molecular weight is 476 g/mol. The number of rotatable bonds is 6. The standard InChI is InChI=1S/C28H29NO6/c1-32-23-12-8-21(9-13-23)27(22-10-14-24(33-2)15-11-22)18-25-26(30)29(17-16-28(25,31)35-34-27)19-20-6-4-3-5-7-20/h3-15,25,31H,16-19H2,1-2H3. The Labute approximate surface area is 204 Å². The molecule has 5 rings (SSSR count). The zero-order valence-electron chi connectivity index (χ0n) is 19.8. The van der Waals surface area contributed by atoms with Gasteiger partial charge in [-0.1, -0.05) is 54.6 Å². The fourth-order valence-corrected chi connectivity index (χ4v) is 4.98. The van der Waals surface area contributed by atoms with Gasteiger partial charge in [0, 0.05) is 25.9 Å². The van der Waals surface area contributed by atoms with Gasteiger partial charge in [-0.05, 0) is 41.0 Å². The number of benzene rings is 3. The van der Waals surface area contributed by atoms with Crippen LogP contribution >= 0.6 is 0 Å². The highest BCUT2D eigenvalue weighted by Crippen LogP contribution is 2.50. The minimum Gasteiger partial charge on any atom is -0.497 e. The first-order valence-corrected chi connectivity index (χ1v) is 11.7. The van der Waals surface area contributed by atoms with Gasteiger partial charge in [-0.25, -0.2) is 4.89 Å². The Morgan fingerprint density at radius 1 is 0.886 bits per heavy atom. The summed E-state index contributed by atoms with van der Waals surface area (Å²) >= 11 is 0. The van der Waals surface area contributed by atoms with Gasteiger partial charge in [0.25, 0.3) is 0 Å². The van der Waals surface area contributed by atoms with E-state index in [0.29, 0.717) is 24.6 Å². The summed E-state index contributed by atoms with van der Waals surface area (Å²) < 4.78 is 10.7. The Balaban J connectivity index is 1.52. The third kappa shape index (κ3) is 4.27. The van der Waals surface area contributed by atoms with E-state index in [-0.39, 0.29) is 18.7 Å². The molecule has 182 valence electrons. The molecule has 2 aliphatic rings. The van der Waals surface area contributed by atoms with Crippen LogP contribution in [0.2, 0.25) is 0 Å². The van der Waals surface area contributed by atoms with Gasteiger partial charge in [0.1, 0.15) is 11.5 Å². The van der Waals surface area contributed by atoms with Gasteiger partial charge in [0.2, 0.25) is 11.7 Å². The second kappa shape index (κ2) is 9.34. The van der Waals surface area contributed by atoms with Crippen molar-refractivity contribution in [3.63, 3.8) is 0 Å². The molecule has 2 fully saturated rings. The number of methoxy groups -OCH3 is 2. The molecular weight excluding hydrogens is 446 g/mol. The van der Waals surface area contributed by atoms with Crippen molar-refractivity contribution in [2.45, 2.75) is 30.8 Å². The molecule has 0 radical (unpaired) electrons. The molecule has 7 heteroatoms. The van der Waals surface area contributed by atoms with Gasteiger partial charge < -0.3 is 19.5 Å². The van der Waals surface area contributed by atoms with E-state index in [2.05, 4.69) is 0 Å². The lowest BCUT2D eigenvalue weighted by Gasteiger charge is -2.50. The normalized spacial score (nSPS) is 23.5. The minimum atomic E-state index is -1.69. The monoisotopic (exact) mass is 475 g/mol. The van der Waals surface area contributed by atoms with Crippen LogP contribution in [0.25, 0.3) is 0 Å². The van der Waals surface area contributed by atoms with Crippen LogP contribution in [0.1, 0.15) is 29.5 Å². The van der Waals surface area contributed by atoms with Crippen molar-refractivity contribution in [3.8, 4) is 11.5 Å². The summed E-state index contributed by atoms with van der Waals surface area (Å²) in [7, 11) is 3.22. The molecule has 3 aromatic rings. The molecule has 0 aliphatic carbocycles. The predicted octanol–water partition coefficient (Wildman–Crippen LogP) is 4.04. The third-order valence-corrected chi connectivity index (χ3v) is 7.04. The zero-order valence-corrected chi connectivity index (χ0v) is 19.8. The largest absolute Gasteiger partial charge is 0.497 e. The van der Waals surface area contributed by atoms with E-state index in [0.717, 1.165) is 16.7 Å². The number of amides is 1. The molecule has 1 amide bonds. The van der Waals surface area contributed by atoms with Crippen molar-refractivity contribution in [3.05, 3.63) is 95.6 Å². The van der Waals surface area contributed by atoms with Gasteiger partial charge in [0.15, 0.2) is 5.60 Å². The number of fused-ring (bicyclic) bond motifs is 1. The Morgan fingerprint density at radius 3 is 2.00 bits per heavy atom. The first-order chi connectivity index (χ1) is 17.0. The van der Waals surface area contributed by atoms with Crippen molar-refractivity contribution in [2.24, 2.45) is 5.92 Å². The van der Waals surface area contributed by atoms with E-state index < -0.39 is 17.3 Å². The number of piperidine rings is 1. The SMILES string of the molecule is COc1ccc(C2(c3ccc(OC)cc3)CC3C(=O)N(Cc4ccccc4)CCC3(O)OO2)cc1. The van der Waals surface area contributed by atoms with Crippen molar-refractivity contribution in [1.82, 2.24) is 4.90 Å². The molecule has 2 heterocycles. The topological polar surface area (TPSA) is 77.5 Å². The highest BCUT2D eigenvalue weighted by Gasteiger charge is 2.58. The van der Waals surface area contributed by atoms with E-state index in [1.54, 1.807) is 19.1 Å². The van der Waals surface area contributed by atoms with Crippen LogP contribution < -0.4 is 9.47 Å². The molecule has 35 heavy (non-hydrogen) atoms. The number of likely N-dealkylation sites (tertiary alicyclic amines) is 1. The van der Waals surface area contributed by atoms with Crippen LogP contribution in [0.3, 0.4) is 0 Å². The summed E-state index contributed by atoms with van der Waals surface area (Å²) in [6.07, 6.45) is 0.476. The second-order valence-corrected chi connectivity index (χ2v) is 9.05. The van der Waals surface area contributed by atoms with Gasteiger partial charge in [0.05, 0.1) is 20.1 Å². The van der Waals surface area contributed by atoms with Crippen molar-refractivity contribution < 1.29 is 29.1 Å². The lowest BCUT2D eigenvalue weighted by Crippen LogP contribution is -2.62. The van der Waals surface area contributed by atoms with E-state index in [4.69, 9.17) is 19.2 Å². The summed E-state index contributed by atoms with van der Waals surface area (Å²) in [5, 5.41) is 11.3. The van der Waals surface area contributed by atoms with Crippen molar-refractivity contribution in [1.29, 1.82) is 0 Å². The second-order valence-electron chi connectivity index (χ2n) is 9.05. The Hall–Kier alpha value is -3.39. The average Bonchev–Trinajstić information content (AvgIpc) is 2.91. The molecule has 2 saturated heterocycles. The lowest BCUT2D eigenvalue weighted by molar-refractivity contribution is -0.497. The summed E-state index contributed by atoms with van der Waals surface area (Å²) in [6, 6.07) is 24.8. The smallest absolute Gasteiger partial charge is 0.231 e. The molecule has 0 saturated carbocycles. The van der Waals surface area contributed by atoms with Crippen LogP contribution in [0.15, 0.2) is 78.9 Å². The van der Waals surface area contributed by atoms with Gasteiger partial charge >= 0.3 is 0 Å². The first-order valence-electron chi connectivity index (χ1n) is 11.7. The maximum Gasteiger partial charge on any atom is 0.231 e. The molecule has 0 aromatic heterocycles. The van der Waals surface area contributed by atoms with Gasteiger partial charge in [-0.15, -0.1) is 0 Å². The van der Waals surface area contributed by atoms with Crippen LogP contribution in [0.5, 0.6) is 11.5 Å². The highest BCUT2D eigenvalue weighted by atomic mass is 17.2. The van der Waals surface area contributed by atoms with Gasteiger partial charge in [-0.3, -0.25) is 4.79 Å². The number of aliphatic hydroxyl groups is 1. The zero-order chi connectivity index (χ0) is 24.5. The predicted molar refractivity (Wildman–Crippen MR) is 128 cm³/mol. The van der Waals surface area contributed by atoms with Crippen molar-refractivity contribution >= 4 is 5.91 Å². The van der Waals surface area contributed by atoms with Crippen LogP contribution in [-0.4, -0.2) is 42.5 Å². The summed E-state index contributed by atoms with van der Waals surface area (Å²) in [5.41, 5.74) is 1.51. The molecule has 7 nitrogen and oxygen atoms in total. The Kier molecular flexibility index (Phi) is 6.23. The fraction of sp³-hybridized carbons (Fsp3) is 0.321. The van der Waals surface area contributed by atoms with Crippen LogP contribution in [-0.2, 0) is 26.7 Å². The molecule has 2 atom stereocenters. The van der Waals surface area contributed by atoms with E-state index in [1.165, 1.54) is 0 Å².